The quantitative estimate of drug-likeness (QED) is 0.290. The van der Waals surface area contributed by atoms with E-state index in [0.29, 0.717) is 39.6 Å². The van der Waals surface area contributed by atoms with E-state index in [1.807, 2.05) is 24.3 Å². The summed E-state index contributed by atoms with van der Waals surface area (Å²) in [6.07, 6.45) is 0. The fourth-order valence-corrected chi connectivity index (χ4v) is 1.38. The van der Waals surface area contributed by atoms with Gasteiger partial charge in [-0.15, -0.1) is 0 Å². The van der Waals surface area contributed by atoms with E-state index in [-0.39, 0.29) is 6.61 Å². The first-order valence-corrected chi connectivity index (χ1v) is 6.35. The molecule has 1 aromatic rings. The van der Waals surface area contributed by atoms with Crippen molar-refractivity contribution in [3.8, 4) is 5.75 Å². The maximum absolute atomic E-state index is 8.90. The summed E-state index contributed by atoms with van der Waals surface area (Å²) in [7, 11) is 0. The van der Waals surface area contributed by atoms with E-state index in [0.717, 1.165) is 11.3 Å². The number of nitrogens with zero attached hydrogens (tertiary/aromatic N) is 3. The van der Waals surface area contributed by atoms with Crippen LogP contribution in [0.25, 0.3) is 10.4 Å². The molecule has 0 aliphatic heterocycles. The number of aliphatic hydroxyl groups excluding tert-OH is 1. The lowest BCUT2D eigenvalue weighted by molar-refractivity contribution is 0.0388. The molecule has 0 fully saturated rings. The van der Waals surface area contributed by atoms with Crippen molar-refractivity contribution in [2.75, 3.05) is 39.6 Å². The van der Waals surface area contributed by atoms with Crippen LogP contribution in [0.5, 0.6) is 5.75 Å². The van der Waals surface area contributed by atoms with E-state index >= 15 is 0 Å². The largest absolute Gasteiger partial charge is 0.491 e. The fourth-order valence-electron chi connectivity index (χ4n) is 1.38. The Morgan fingerprint density at radius 3 is 2.30 bits per heavy atom. The Morgan fingerprint density at radius 2 is 1.65 bits per heavy atom. The Balaban J connectivity index is 1.95. The van der Waals surface area contributed by atoms with Crippen molar-refractivity contribution >= 4 is 0 Å². The minimum atomic E-state index is 0.0308. The molecule has 0 amide bonds. The predicted octanol–water partition coefficient (Wildman–Crippen LogP) is 1.90. The van der Waals surface area contributed by atoms with Gasteiger partial charge in [-0.3, -0.25) is 0 Å². The molecule has 0 radical (unpaired) electrons. The molecule has 0 spiro atoms. The SMILES string of the molecule is [N-]=[N+]=NCCOCCOCCOc1ccc(CO)cc1. The Labute approximate surface area is 117 Å². The van der Waals surface area contributed by atoms with Crippen molar-refractivity contribution in [1.82, 2.24) is 0 Å². The van der Waals surface area contributed by atoms with E-state index in [2.05, 4.69) is 10.0 Å². The summed E-state index contributed by atoms with van der Waals surface area (Å²) < 4.78 is 15.9. The first kappa shape index (κ1) is 16.3. The third-order valence-corrected chi connectivity index (χ3v) is 2.37. The zero-order valence-corrected chi connectivity index (χ0v) is 11.3. The third kappa shape index (κ3) is 7.60. The van der Waals surface area contributed by atoms with Crippen LogP contribution in [0.3, 0.4) is 0 Å². The Morgan fingerprint density at radius 1 is 1.00 bits per heavy atom. The van der Waals surface area contributed by atoms with Crippen LogP contribution in [0.1, 0.15) is 5.56 Å². The Bertz CT molecular complexity index is 405. The summed E-state index contributed by atoms with van der Waals surface area (Å²) in [5.41, 5.74) is 8.89. The van der Waals surface area contributed by atoms with Gasteiger partial charge in [-0.05, 0) is 23.2 Å². The summed E-state index contributed by atoms with van der Waals surface area (Å²) >= 11 is 0. The molecule has 0 atom stereocenters. The average molecular weight is 281 g/mol. The van der Waals surface area contributed by atoms with Crippen molar-refractivity contribution in [2.45, 2.75) is 6.61 Å². The van der Waals surface area contributed by atoms with E-state index in [1.54, 1.807) is 0 Å². The van der Waals surface area contributed by atoms with Crippen LogP contribution >= 0.6 is 0 Å². The maximum atomic E-state index is 8.90. The van der Waals surface area contributed by atoms with Crippen LogP contribution in [0.4, 0.5) is 0 Å². The van der Waals surface area contributed by atoms with Crippen molar-refractivity contribution in [1.29, 1.82) is 0 Å². The van der Waals surface area contributed by atoms with E-state index < -0.39 is 0 Å². The molecule has 0 bridgehead atoms. The normalized spacial score (nSPS) is 10.1. The highest BCUT2D eigenvalue weighted by Crippen LogP contribution is 2.11. The second kappa shape index (κ2) is 11.1. The number of rotatable bonds is 11. The lowest BCUT2D eigenvalue weighted by Gasteiger charge is -2.07. The standard InChI is InChI=1S/C13H19N3O4/c14-16-15-5-6-18-7-8-19-9-10-20-13-3-1-12(11-17)2-4-13/h1-4,17H,5-11H2. The summed E-state index contributed by atoms with van der Waals surface area (Å²) in [6.45, 7) is 2.64. The molecule has 110 valence electrons. The highest BCUT2D eigenvalue weighted by atomic mass is 16.5. The Hall–Kier alpha value is -1.79. The number of azide groups is 1. The van der Waals surface area contributed by atoms with Gasteiger partial charge >= 0.3 is 0 Å². The van der Waals surface area contributed by atoms with E-state index in [1.165, 1.54) is 0 Å². The molecule has 0 aromatic heterocycles. The van der Waals surface area contributed by atoms with Gasteiger partial charge in [-0.25, -0.2) is 0 Å². The average Bonchev–Trinajstić information content (AvgIpc) is 2.50. The number of hydrogen-bond donors (Lipinski definition) is 1. The Kier molecular flexibility index (Phi) is 9.00. The molecular formula is C13H19N3O4. The maximum Gasteiger partial charge on any atom is 0.119 e. The van der Waals surface area contributed by atoms with Gasteiger partial charge in [0.1, 0.15) is 12.4 Å². The molecular weight excluding hydrogens is 262 g/mol. The van der Waals surface area contributed by atoms with Gasteiger partial charge < -0.3 is 19.3 Å². The lowest BCUT2D eigenvalue weighted by Crippen LogP contribution is -2.11. The lowest BCUT2D eigenvalue weighted by atomic mass is 10.2. The van der Waals surface area contributed by atoms with Crippen LogP contribution < -0.4 is 4.74 Å². The molecule has 0 saturated heterocycles. The van der Waals surface area contributed by atoms with Gasteiger partial charge in [0.2, 0.25) is 0 Å². The summed E-state index contributed by atoms with van der Waals surface area (Å²) in [4.78, 5) is 2.62. The summed E-state index contributed by atoms with van der Waals surface area (Å²) in [5.74, 6) is 0.747. The van der Waals surface area contributed by atoms with Crippen LogP contribution in [-0.2, 0) is 16.1 Å². The van der Waals surface area contributed by atoms with Crippen LogP contribution in [0, 0.1) is 0 Å². The highest BCUT2D eigenvalue weighted by molar-refractivity contribution is 5.26. The first-order valence-electron chi connectivity index (χ1n) is 6.35. The van der Waals surface area contributed by atoms with Crippen molar-refractivity contribution < 1.29 is 19.3 Å². The number of benzene rings is 1. The zero-order chi connectivity index (χ0) is 14.5. The van der Waals surface area contributed by atoms with Gasteiger partial charge in [0.05, 0.1) is 33.0 Å². The smallest absolute Gasteiger partial charge is 0.119 e. The number of aliphatic hydroxyl groups is 1. The van der Waals surface area contributed by atoms with Gasteiger partial charge in [0, 0.05) is 11.5 Å². The van der Waals surface area contributed by atoms with Gasteiger partial charge in [0.25, 0.3) is 0 Å². The number of ether oxygens (including phenoxy) is 3. The van der Waals surface area contributed by atoms with Gasteiger partial charge in [-0.2, -0.15) is 0 Å². The fraction of sp³-hybridized carbons (Fsp3) is 0.538. The number of hydrogen-bond acceptors (Lipinski definition) is 5. The minimum Gasteiger partial charge on any atom is -0.491 e. The topological polar surface area (TPSA) is 96.7 Å². The molecule has 7 nitrogen and oxygen atoms in total. The van der Waals surface area contributed by atoms with E-state index in [4.69, 9.17) is 24.8 Å². The molecule has 1 aromatic carbocycles. The highest BCUT2D eigenvalue weighted by Gasteiger charge is 1.95. The van der Waals surface area contributed by atoms with Crippen LogP contribution in [0.15, 0.2) is 29.4 Å². The van der Waals surface area contributed by atoms with E-state index in [9.17, 15) is 0 Å². The van der Waals surface area contributed by atoms with Crippen LogP contribution in [0.2, 0.25) is 0 Å². The van der Waals surface area contributed by atoms with Crippen molar-refractivity contribution in [3.05, 3.63) is 40.3 Å². The van der Waals surface area contributed by atoms with Crippen molar-refractivity contribution in [2.24, 2.45) is 5.11 Å². The molecule has 7 heteroatoms. The monoisotopic (exact) mass is 281 g/mol. The minimum absolute atomic E-state index is 0.0308. The summed E-state index contributed by atoms with van der Waals surface area (Å²) in [5, 5.41) is 12.2. The third-order valence-electron chi connectivity index (χ3n) is 2.37. The zero-order valence-electron chi connectivity index (χ0n) is 11.3. The molecule has 20 heavy (non-hydrogen) atoms. The molecule has 0 aliphatic rings. The molecule has 0 saturated carbocycles. The van der Waals surface area contributed by atoms with Gasteiger partial charge in [0.15, 0.2) is 0 Å². The van der Waals surface area contributed by atoms with Crippen molar-refractivity contribution in [3.63, 3.8) is 0 Å². The molecule has 1 N–H and O–H groups in total. The predicted molar refractivity (Wildman–Crippen MR) is 73.5 cm³/mol. The molecule has 0 unspecified atom stereocenters. The second-order valence-electron chi connectivity index (χ2n) is 3.83. The first-order chi connectivity index (χ1) is 9.86. The van der Waals surface area contributed by atoms with Crippen LogP contribution in [-0.4, -0.2) is 44.7 Å². The summed E-state index contributed by atoms with van der Waals surface area (Å²) in [6, 6.07) is 7.25. The molecule has 0 heterocycles. The van der Waals surface area contributed by atoms with Gasteiger partial charge in [-0.1, -0.05) is 17.2 Å². The molecule has 1 rings (SSSR count). The second-order valence-corrected chi connectivity index (χ2v) is 3.83. The molecule has 0 aliphatic carbocycles.